The van der Waals surface area contributed by atoms with E-state index >= 15 is 0 Å². The highest BCUT2D eigenvalue weighted by molar-refractivity contribution is 5.96. The summed E-state index contributed by atoms with van der Waals surface area (Å²) in [4.78, 5) is 34.0. The molecule has 0 saturated heterocycles. The van der Waals surface area contributed by atoms with Gasteiger partial charge in [0, 0.05) is 35.4 Å². The SMILES string of the molecule is CCCCC(=O)Nc1ccc(C(=O)NN=Cc2cccc([N+](=O)[O-])c2)cc1. The lowest BCUT2D eigenvalue weighted by molar-refractivity contribution is -0.384. The molecule has 27 heavy (non-hydrogen) atoms. The van der Waals surface area contributed by atoms with Crippen LogP contribution in [0.1, 0.15) is 42.1 Å². The van der Waals surface area contributed by atoms with E-state index in [0.29, 0.717) is 23.2 Å². The number of carbonyl (C=O) groups is 2. The highest BCUT2D eigenvalue weighted by Gasteiger charge is 2.07. The molecule has 0 bridgehead atoms. The largest absolute Gasteiger partial charge is 0.326 e. The summed E-state index contributed by atoms with van der Waals surface area (Å²) in [5.74, 6) is -0.490. The molecule has 0 aliphatic carbocycles. The molecule has 2 aromatic carbocycles. The Morgan fingerprint density at radius 1 is 1.19 bits per heavy atom. The van der Waals surface area contributed by atoms with E-state index in [2.05, 4.69) is 15.8 Å². The Balaban J connectivity index is 1.91. The Bertz CT molecular complexity index is 847. The standard InChI is InChI=1S/C19H20N4O4/c1-2-3-7-18(24)21-16-10-8-15(9-11-16)19(25)22-20-13-14-5-4-6-17(12-14)23(26)27/h4-6,8-13H,2-3,7H2,1H3,(H,21,24)(H,22,25). The second-order valence-electron chi connectivity index (χ2n) is 5.78. The van der Waals surface area contributed by atoms with Gasteiger partial charge in [-0.05, 0) is 30.7 Å². The van der Waals surface area contributed by atoms with Gasteiger partial charge in [0.25, 0.3) is 11.6 Å². The number of carbonyl (C=O) groups excluding carboxylic acids is 2. The Morgan fingerprint density at radius 3 is 2.59 bits per heavy atom. The fourth-order valence-electron chi connectivity index (χ4n) is 2.21. The summed E-state index contributed by atoms with van der Waals surface area (Å²) < 4.78 is 0. The molecule has 0 fully saturated rings. The number of benzene rings is 2. The number of hydrazone groups is 1. The zero-order valence-electron chi connectivity index (χ0n) is 14.8. The number of nitrogens with zero attached hydrogens (tertiary/aromatic N) is 2. The van der Waals surface area contributed by atoms with Crippen LogP contribution in [-0.2, 0) is 4.79 Å². The summed E-state index contributed by atoms with van der Waals surface area (Å²) in [6, 6.07) is 12.3. The molecule has 0 unspecified atom stereocenters. The van der Waals surface area contributed by atoms with Crippen LogP contribution in [0.3, 0.4) is 0 Å². The fourth-order valence-corrected chi connectivity index (χ4v) is 2.21. The second-order valence-corrected chi connectivity index (χ2v) is 5.78. The Morgan fingerprint density at radius 2 is 1.93 bits per heavy atom. The molecule has 2 amide bonds. The summed E-state index contributed by atoms with van der Waals surface area (Å²) in [6.45, 7) is 2.02. The molecule has 0 aromatic heterocycles. The van der Waals surface area contributed by atoms with Gasteiger partial charge in [0.05, 0.1) is 11.1 Å². The van der Waals surface area contributed by atoms with Crippen LogP contribution in [0.2, 0.25) is 0 Å². The van der Waals surface area contributed by atoms with Crippen molar-refractivity contribution in [2.24, 2.45) is 5.10 Å². The number of hydrogen-bond donors (Lipinski definition) is 2. The monoisotopic (exact) mass is 368 g/mol. The van der Waals surface area contributed by atoms with E-state index in [1.54, 1.807) is 30.3 Å². The second kappa shape index (κ2) is 9.81. The van der Waals surface area contributed by atoms with Crippen molar-refractivity contribution in [3.8, 4) is 0 Å². The van der Waals surface area contributed by atoms with E-state index in [1.807, 2.05) is 6.92 Å². The number of hydrogen-bond acceptors (Lipinski definition) is 5. The normalized spacial score (nSPS) is 10.6. The number of rotatable bonds is 8. The van der Waals surface area contributed by atoms with Crippen LogP contribution in [-0.4, -0.2) is 23.0 Å². The molecule has 2 N–H and O–H groups in total. The number of nitro benzene ring substituents is 1. The minimum Gasteiger partial charge on any atom is -0.326 e. The summed E-state index contributed by atoms with van der Waals surface area (Å²) >= 11 is 0. The van der Waals surface area contributed by atoms with Crippen LogP contribution >= 0.6 is 0 Å². The average Bonchev–Trinajstić information content (AvgIpc) is 2.67. The van der Waals surface area contributed by atoms with Crippen LogP contribution in [0, 0.1) is 10.1 Å². The van der Waals surface area contributed by atoms with Crippen LogP contribution in [0.5, 0.6) is 0 Å². The molecule has 2 aromatic rings. The molecule has 2 rings (SSSR count). The topological polar surface area (TPSA) is 114 Å². The van der Waals surface area contributed by atoms with E-state index in [-0.39, 0.29) is 11.6 Å². The maximum Gasteiger partial charge on any atom is 0.271 e. The van der Waals surface area contributed by atoms with Crippen molar-refractivity contribution < 1.29 is 14.5 Å². The zero-order chi connectivity index (χ0) is 19.6. The van der Waals surface area contributed by atoms with Crippen molar-refractivity contribution in [1.29, 1.82) is 0 Å². The van der Waals surface area contributed by atoms with Gasteiger partial charge >= 0.3 is 0 Å². The lowest BCUT2D eigenvalue weighted by Crippen LogP contribution is -2.17. The van der Waals surface area contributed by atoms with Gasteiger partial charge in [-0.1, -0.05) is 25.5 Å². The van der Waals surface area contributed by atoms with E-state index < -0.39 is 10.8 Å². The molecule has 8 heteroatoms. The first kappa shape index (κ1) is 19.8. The Hall–Kier alpha value is -3.55. The number of nitro groups is 1. The van der Waals surface area contributed by atoms with Crippen molar-refractivity contribution in [3.63, 3.8) is 0 Å². The highest BCUT2D eigenvalue weighted by atomic mass is 16.6. The molecule has 140 valence electrons. The number of amides is 2. The first-order valence-corrected chi connectivity index (χ1v) is 8.47. The molecule has 8 nitrogen and oxygen atoms in total. The lowest BCUT2D eigenvalue weighted by atomic mass is 10.2. The zero-order valence-corrected chi connectivity index (χ0v) is 14.8. The molecule has 0 heterocycles. The molecule has 0 spiro atoms. The number of nitrogens with one attached hydrogen (secondary N) is 2. The van der Waals surface area contributed by atoms with E-state index in [0.717, 1.165) is 12.8 Å². The van der Waals surface area contributed by atoms with Gasteiger partial charge in [-0.25, -0.2) is 5.43 Å². The van der Waals surface area contributed by atoms with Gasteiger partial charge < -0.3 is 5.32 Å². The van der Waals surface area contributed by atoms with Gasteiger partial charge in [0.15, 0.2) is 0 Å². The summed E-state index contributed by atoms with van der Waals surface area (Å²) in [5, 5.41) is 17.3. The van der Waals surface area contributed by atoms with Gasteiger partial charge in [0.1, 0.15) is 0 Å². The van der Waals surface area contributed by atoms with Crippen molar-refractivity contribution in [2.45, 2.75) is 26.2 Å². The van der Waals surface area contributed by atoms with Crippen molar-refractivity contribution in [2.75, 3.05) is 5.32 Å². The summed E-state index contributed by atoms with van der Waals surface area (Å²) in [6.07, 6.45) is 3.57. The smallest absolute Gasteiger partial charge is 0.271 e. The highest BCUT2D eigenvalue weighted by Crippen LogP contribution is 2.12. The molecule has 0 aliphatic heterocycles. The Kier molecular flexibility index (Phi) is 7.18. The molecular formula is C19H20N4O4. The van der Waals surface area contributed by atoms with Crippen molar-refractivity contribution in [3.05, 3.63) is 69.8 Å². The lowest BCUT2D eigenvalue weighted by Gasteiger charge is -2.05. The van der Waals surface area contributed by atoms with Crippen LogP contribution in [0.25, 0.3) is 0 Å². The quantitative estimate of drug-likeness (QED) is 0.422. The van der Waals surface area contributed by atoms with E-state index in [9.17, 15) is 19.7 Å². The van der Waals surface area contributed by atoms with E-state index in [4.69, 9.17) is 0 Å². The van der Waals surface area contributed by atoms with Crippen LogP contribution in [0.15, 0.2) is 53.6 Å². The fraction of sp³-hybridized carbons (Fsp3) is 0.211. The minimum atomic E-state index is -0.501. The maximum atomic E-state index is 12.1. The maximum absolute atomic E-state index is 12.1. The summed E-state index contributed by atoms with van der Waals surface area (Å²) in [7, 11) is 0. The number of anilines is 1. The predicted octanol–water partition coefficient (Wildman–Crippen LogP) is 3.49. The first-order chi connectivity index (χ1) is 13.0. The third-order valence-electron chi connectivity index (χ3n) is 3.65. The van der Waals surface area contributed by atoms with Gasteiger partial charge in [0.2, 0.25) is 5.91 Å². The number of non-ortho nitro benzene ring substituents is 1. The number of unbranched alkanes of at least 4 members (excludes halogenated alkanes) is 1. The van der Waals surface area contributed by atoms with Gasteiger partial charge in [-0.3, -0.25) is 19.7 Å². The molecule has 0 radical (unpaired) electrons. The summed E-state index contributed by atoms with van der Waals surface area (Å²) in [5.41, 5.74) is 3.79. The van der Waals surface area contributed by atoms with E-state index in [1.165, 1.54) is 24.4 Å². The van der Waals surface area contributed by atoms with Gasteiger partial charge in [-0.15, -0.1) is 0 Å². The predicted molar refractivity (Wildman–Crippen MR) is 103 cm³/mol. The molecule has 0 saturated carbocycles. The van der Waals surface area contributed by atoms with Gasteiger partial charge in [-0.2, -0.15) is 5.10 Å². The van der Waals surface area contributed by atoms with Crippen molar-refractivity contribution in [1.82, 2.24) is 5.43 Å². The molecular weight excluding hydrogens is 348 g/mol. The van der Waals surface area contributed by atoms with Crippen LogP contribution in [0.4, 0.5) is 11.4 Å². The van der Waals surface area contributed by atoms with Crippen molar-refractivity contribution >= 4 is 29.4 Å². The molecule has 0 aliphatic rings. The first-order valence-electron chi connectivity index (χ1n) is 8.47. The molecule has 0 atom stereocenters. The minimum absolute atomic E-state index is 0.0538. The van der Waals surface area contributed by atoms with Crippen LogP contribution < -0.4 is 10.7 Å². The third-order valence-corrected chi connectivity index (χ3v) is 3.65. The third kappa shape index (κ3) is 6.35. The Labute approximate surface area is 156 Å². The average molecular weight is 368 g/mol.